The van der Waals surface area contributed by atoms with Gasteiger partial charge < -0.3 is 33.2 Å². The maximum Gasteiger partial charge on any atom is 0.132 e. The minimum Gasteiger partial charge on any atom is -0.497 e. The lowest BCUT2D eigenvalue weighted by Gasteiger charge is -2.45. The van der Waals surface area contributed by atoms with Crippen molar-refractivity contribution in [3.8, 4) is 17.2 Å². The summed E-state index contributed by atoms with van der Waals surface area (Å²) in [5, 5.41) is 0. The number of hydrogen-bond acceptors (Lipinski definition) is 8. The Labute approximate surface area is 242 Å². The minimum absolute atomic E-state index is 0.191. The largest absolute Gasteiger partial charge is 0.497 e. The van der Waals surface area contributed by atoms with Crippen molar-refractivity contribution in [3.63, 3.8) is 0 Å². The zero-order chi connectivity index (χ0) is 28.3. The van der Waals surface area contributed by atoms with E-state index in [0.29, 0.717) is 19.8 Å². The molecule has 1 aliphatic heterocycles. The van der Waals surface area contributed by atoms with Crippen LogP contribution in [0.5, 0.6) is 17.2 Å². The molecule has 0 radical (unpaired) electrons. The van der Waals surface area contributed by atoms with Crippen LogP contribution in [0.1, 0.15) is 30.5 Å². The zero-order valence-corrected chi connectivity index (χ0v) is 24.7. The Kier molecular flexibility index (Phi) is 11.6. The second-order valence-electron chi connectivity index (χ2n) is 9.54. The molecule has 1 fully saturated rings. The molecule has 0 aromatic heterocycles. The van der Waals surface area contributed by atoms with Gasteiger partial charge in [-0.2, -0.15) is 0 Å². The Morgan fingerprint density at radius 2 is 0.950 bits per heavy atom. The molecule has 7 nitrogen and oxygen atoms in total. The van der Waals surface area contributed by atoms with Crippen molar-refractivity contribution in [1.82, 2.24) is 0 Å². The molecule has 8 heteroatoms. The first-order valence-electron chi connectivity index (χ1n) is 13.5. The smallest absolute Gasteiger partial charge is 0.132 e. The number of hydrogen-bond donors (Lipinski definition) is 0. The van der Waals surface area contributed by atoms with Gasteiger partial charge in [-0.3, -0.25) is 0 Å². The van der Waals surface area contributed by atoms with Gasteiger partial charge in [-0.1, -0.05) is 43.3 Å². The summed E-state index contributed by atoms with van der Waals surface area (Å²) in [7, 11) is 4.99. The molecular formula is C32H40O7S. The van der Waals surface area contributed by atoms with Gasteiger partial charge >= 0.3 is 0 Å². The topological polar surface area (TPSA) is 64.6 Å². The Hall–Kier alpha value is -2.75. The van der Waals surface area contributed by atoms with E-state index in [-0.39, 0.29) is 29.9 Å². The molecular weight excluding hydrogens is 528 g/mol. The molecule has 4 rings (SSSR count). The van der Waals surface area contributed by atoms with Gasteiger partial charge in [0.1, 0.15) is 41.0 Å². The van der Waals surface area contributed by atoms with Crippen molar-refractivity contribution in [2.24, 2.45) is 0 Å². The number of benzene rings is 3. The minimum atomic E-state index is -0.355. The Bertz CT molecular complexity index is 1140. The van der Waals surface area contributed by atoms with E-state index >= 15 is 0 Å². The Balaban J connectivity index is 1.55. The van der Waals surface area contributed by atoms with Crippen LogP contribution in [0.4, 0.5) is 0 Å². The molecule has 0 unspecified atom stereocenters. The standard InChI is InChI=1S/C32H40O7S/c1-6-40-32-31(38-21-25-11-17-28(35-5)18-12-25)30(37-20-24-9-15-27(34-4)16-10-24)29(22(2)39-32)36-19-23-7-13-26(33-3)14-8-23/h7-18,22,29-32H,6,19-21H2,1-5H3/t22-,29+,30+,31-,32+/m0/s1. The van der Waals surface area contributed by atoms with E-state index in [1.807, 2.05) is 79.7 Å². The van der Waals surface area contributed by atoms with E-state index < -0.39 is 0 Å². The van der Waals surface area contributed by atoms with Crippen molar-refractivity contribution in [1.29, 1.82) is 0 Å². The molecule has 1 aliphatic rings. The van der Waals surface area contributed by atoms with E-state index in [9.17, 15) is 0 Å². The molecule has 0 N–H and O–H groups in total. The highest BCUT2D eigenvalue weighted by molar-refractivity contribution is 7.99. The van der Waals surface area contributed by atoms with Gasteiger partial charge in [0.25, 0.3) is 0 Å². The lowest BCUT2D eigenvalue weighted by molar-refractivity contribution is -0.242. The third-order valence-corrected chi connectivity index (χ3v) is 7.90. The van der Waals surface area contributed by atoms with Gasteiger partial charge in [-0.05, 0) is 65.8 Å². The van der Waals surface area contributed by atoms with Crippen molar-refractivity contribution in [3.05, 3.63) is 89.5 Å². The van der Waals surface area contributed by atoms with E-state index in [4.69, 9.17) is 33.2 Å². The van der Waals surface area contributed by atoms with Gasteiger partial charge in [0, 0.05) is 0 Å². The normalized spacial score (nSPS) is 22.6. The SMILES string of the molecule is CCS[C@H]1O[C@@H](C)[C@@H](OCc2ccc(OC)cc2)[C@@H](OCc2ccc(OC)cc2)[C@@H]1OCc1ccc(OC)cc1. The van der Waals surface area contributed by atoms with E-state index in [0.717, 1.165) is 39.7 Å². The molecule has 1 heterocycles. The number of methoxy groups -OCH3 is 3. The van der Waals surface area contributed by atoms with Gasteiger partial charge in [-0.25, -0.2) is 0 Å². The fourth-order valence-corrected chi connectivity index (χ4v) is 5.62. The first kappa shape index (κ1) is 30.2. The third kappa shape index (κ3) is 8.15. The predicted octanol–water partition coefficient (Wildman–Crippen LogP) is 6.27. The molecule has 40 heavy (non-hydrogen) atoms. The van der Waals surface area contributed by atoms with Gasteiger partial charge in [0.05, 0.1) is 47.3 Å². The molecule has 0 aliphatic carbocycles. The predicted molar refractivity (Wildman–Crippen MR) is 157 cm³/mol. The number of rotatable bonds is 14. The molecule has 1 saturated heterocycles. The molecule has 3 aromatic carbocycles. The summed E-state index contributed by atoms with van der Waals surface area (Å²) in [4.78, 5) is 0. The molecule has 0 spiro atoms. The fraction of sp³-hybridized carbons (Fsp3) is 0.438. The van der Waals surface area contributed by atoms with Crippen LogP contribution in [0.2, 0.25) is 0 Å². The molecule has 3 aromatic rings. The highest BCUT2D eigenvalue weighted by atomic mass is 32.2. The summed E-state index contributed by atoms with van der Waals surface area (Å²) in [6.07, 6.45) is -1.23. The molecule has 216 valence electrons. The van der Waals surface area contributed by atoms with Crippen LogP contribution in [0.15, 0.2) is 72.8 Å². The quantitative estimate of drug-likeness (QED) is 0.226. The van der Waals surface area contributed by atoms with E-state index in [2.05, 4.69) is 6.92 Å². The summed E-state index contributed by atoms with van der Waals surface area (Å²) in [5.41, 5.74) is 2.94. The van der Waals surface area contributed by atoms with Crippen LogP contribution >= 0.6 is 11.8 Å². The second-order valence-corrected chi connectivity index (χ2v) is 10.9. The Morgan fingerprint density at radius 3 is 1.32 bits per heavy atom. The highest BCUT2D eigenvalue weighted by Crippen LogP contribution is 2.35. The second kappa shape index (κ2) is 15.3. The molecule has 0 saturated carbocycles. The van der Waals surface area contributed by atoms with Crippen molar-refractivity contribution >= 4 is 11.8 Å². The van der Waals surface area contributed by atoms with Crippen LogP contribution in [0, 0.1) is 0 Å². The highest BCUT2D eigenvalue weighted by Gasteiger charge is 2.46. The van der Waals surface area contributed by atoms with Gasteiger partial charge in [0.15, 0.2) is 0 Å². The first-order valence-corrected chi connectivity index (χ1v) is 14.6. The number of thioether (sulfide) groups is 1. The van der Waals surface area contributed by atoms with E-state index in [1.54, 1.807) is 33.1 Å². The summed E-state index contributed by atoms with van der Waals surface area (Å²) < 4.78 is 42.1. The maximum atomic E-state index is 6.64. The number of ether oxygens (including phenoxy) is 7. The van der Waals surface area contributed by atoms with Crippen LogP contribution < -0.4 is 14.2 Å². The molecule has 0 bridgehead atoms. The fourth-order valence-electron chi connectivity index (χ4n) is 4.61. The summed E-state index contributed by atoms with van der Waals surface area (Å²) in [5.74, 6) is 3.32. The van der Waals surface area contributed by atoms with Crippen molar-refractivity contribution in [2.45, 2.75) is 63.5 Å². The molecule has 0 amide bonds. The van der Waals surface area contributed by atoms with Crippen molar-refractivity contribution in [2.75, 3.05) is 27.1 Å². The lowest BCUT2D eigenvalue weighted by Crippen LogP contribution is -2.58. The van der Waals surface area contributed by atoms with Gasteiger partial charge in [0.2, 0.25) is 0 Å². The zero-order valence-electron chi connectivity index (χ0n) is 23.9. The summed E-state index contributed by atoms with van der Waals surface area (Å²) in [6, 6.07) is 23.7. The van der Waals surface area contributed by atoms with Crippen LogP contribution in [-0.4, -0.2) is 56.9 Å². The lowest BCUT2D eigenvalue weighted by atomic mass is 9.99. The average Bonchev–Trinajstić information content (AvgIpc) is 3.00. The Morgan fingerprint density at radius 1 is 0.575 bits per heavy atom. The monoisotopic (exact) mass is 568 g/mol. The van der Waals surface area contributed by atoms with Crippen LogP contribution in [0.3, 0.4) is 0 Å². The summed E-state index contributed by atoms with van der Waals surface area (Å²) >= 11 is 1.72. The van der Waals surface area contributed by atoms with Gasteiger partial charge in [-0.15, -0.1) is 11.8 Å². The van der Waals surface area contributed by atoms with Crippen LogP contribution in [0.25, 0.3) is 0 Å². The third-order valence-electron chi connectivity index (χ3n) is 6.86. The van der Waals surface area contributed by atoms with Crippen molar-refractivity contribution < 1.29 is 33.2 Å². The average molecular weight is 569 g/mol. The maximum absolute atomic E-state index is 6.64. The van der Waals surface area contributed by atoms with E-state index in [1.165, 1.54) is 0 Å². The first-order chi connectivity index (χ1) is 19.5. The molecule has 5 atom stereocenters. The summed E-state index contributed by atoms with van der Waals surface area (Å²) in [6.45, 7) is 5.42. The van der Waals surface area contributed by atoms with Crippen LogP contribution in [-0.2, 0) is 38.8 Å².